The van der Waals surface area contributed by atoms with E-state index in [1.807, 2.05) is 0 Å². The number of aliphatic carboxylic acids is 1. The predicted molar refractivity (Wildman–Crippen MR) is 125 cm³/mol. The zero-order chi connectivity index (χ0) is 24.6. The van der Waals surface area contributed by atoms with Crippen LogP contribution in [-0.4, -0.2) is 70.0 Å². The van der Waals surface area contributed by atoms with Crippen molar-refractivity contribution in [2.24, 2.45) is 0 Å². The van der Waals surface area contributed by atoms with Crippen molar-refractivity contribution in [1.82, 2.24) is 10.6 Å². The van der Waals surface area contributed by atoms with Crippen LogP contribution < -0.4 is 45.3 Å². The molecule has 0 bridgehead atoms. The first-order valence-corrected chi connectivity index (χ1v) is 12.5. The number of carbonyl (C=O) groups excluding carboxylic acids is 3. The third kappa shape index (κ3) is 25.9. The second-order valence-electron chi connectivity index (χ2n) is 8.12. The topological polar surface area (TPSA) is 126 Å². The van der Waals surface area contributed by atoms with Crippen molar-refractivity contribution in [1.29, 1.82) is 0 Å². The molecule has 0 rings (SSSR count). The number of amides is 2. The Labute approximate surface area is 227 Å². The van der Waals surface area contributed by atoms with Crippen LogP contribution in [0.1, 0.15) is 84.5 Å². The minimum Gasteiger partial charge on any atom is -0.548 e. The number of ether oxygens (including phenoxy) is 3. The Morgan fingerprint density at radius 1 is 0.706 bits per heavy atom. The van der Waals surface area contributed by atoms with Crippen molar-refractivity contribution in [2.75, 3.05) is 46.2 Å². The average molecular weight is 497 g/mol. The monoisotopic (exact) mass is 496 g/mol. The summed E-state index contributed by atoms with van der Waals surface area (Å²) in [5.74, 6) is -1.64. The summed E-state index contributed by atoms with van der Waals surface area (Å²) < 4.78 is 16.0. The van der Waals surface area contributed by atoms with Gasteiger partial charge in [0.25, 0.3) is 0 Å². The fourth-order valence-electron chi connectivity index (χ4n) is 3.03. The Morgan fingerprint density at radius 3 is 1.76 bits per heavy atom. The van der Waals surface area contributed by atoms with E-state index < -0.39 is 17.9 Å². The molecule has 194 valence electrons. The molecular formula is C24H45N2NaO7. The molecule has 0 unspecified atom stereocenters. The SMILES string of the molecule is CCCCCCCCCCCC(=O)NCCOCCOCCOCCC(=O)N[C@@H](C)C(=O)[O-].[Na+]. The van der Waals surface area contributed by atoms with Gasteiger partial charge in [0.15, 0.2) is 0 Å². The maximum Gasteiger partial charge on any atom is 1.00 e. The van der Waals surface area contributed by atoms with E-state index in [2.05, 4.69) is 17.6 Å². The summed E-state index contributed by atoms with van der Waals surface area (Å²) >= 11 is 0. The van der Waals surface area contributed by atoms with Crippen LogP contribution in [0.2, 0.25) is 0 Å². The van der Waals surface area contributed by atoms with Crippen LogP contribution in [0.3, 0.4) is 0 Å². The second kappa shape index (κ2) is 26.9. The van der Waals surface area contributed by atoms with Gasteiger partial charge in [-0.15, -0.1) is 0 Å². The van der Waals surface area contributed by atoms with E-state index in [1.54, 1.807) is 0 Å². The summed E-state index contributed by atoms with van der Waals surface area (Å²) in [5.41, 5.74) is 0. The van der Waals surface area contributed by atoms with Crippen LogP contribution in [-0.2, 0) is 28.6 Å². The number of hydrogen-bond donors (Lipinski definition) is 2. The fraction of sp³-hybridized carbons (Fsp3) is 0.875. The Kier molecular flexibility index (Phi) is 28.0. The van der Waals surface area contributed by atoms with Gasteiger partial charge >= 0.3 is 29.6 Å². The molecule has 0 aliphatic carbocycles. The molecule has 0 saturated heterocycles. The average Bonchev–Trinajstić information content (AvgIpc) is 2.78. The van der Waals surface area contributed by atoms with Crippen molar-refractivity contribution < 1.29 is 63.3 Å². The molecule has 0 spiro atoms. The molecule has 2 amide bonds. The van der Waals surface area contributed by atoms with Crippen molar-refractivity contribution >= 4 is 17.8 Å². The number of nitrogens with one attached hydrogen (secondary N) is 2. The van der Waals surface area contributed by atoms with Gasteiger partial charge in [0.1, 0.15) is 0 Å². The van der Waals surface area contributed by atoms with Gasteiger partial charge in [-0.3, -0.25) is 9.59 Å². The molecule has 0 aliphatic heterocycles. The van der Waals surface area contributed by atoms with Gasteiger partial charge in [0.05, 0.1) is 51.7 Å². The van der Waals surface area contributed by atoms with Gasteiger partial charge in [-0.2, -0.15) is 0 Å². The van der Waals surface area contributed by atoms with Crippen molar-refractivity contribution in [2.45, 2.75) is 90.5 Å². The standard InChI is InChI=1S/C24H46N2O7.Na/c1-3-4-5-6-7-8-9-10-11-12-22(27)25-14-16-32-18-20-33-19-17-31-15-13-23(28)26-21(2)24(29)30;/h21H,3-20H2,1-2H3,(H,25,27)(H,26,28)(H,29,30);/q;+1/p-1/t21-;/m0./s1. The van der Waals surface area contributed by atoms with E-state index in [4.69, 9.17) is 14.2 Å². The number of carboxylic acids is 1. The van der Waals surface area contributed by atoms with E-state index in [0.29, 0.717) is 46.0 Å². The smallest absolute Gasteiger partial charge is 0.548 e. The molecular weight excluding hydrogens is 451 g/mol. The number of unbranched alkanes of at least 4 members (excludes halogenated alkanes) is 8. The van der Waals surface area contributed by atoms with Gasteiger partial charge in [-0.05, 0) is 13.3 Å². The number of carbonyl (C=O) groups is 3. The van der Waals surface area contributed by atoms with E-state index in [-0.39, 0.29) is 48.5 Å². The van der Waals surface area contributed by atoms with Gasteiger partial charge in [0.2, 0.25) is 11.8 Å². The molecule has 0 saturated carbocycles. The number of carboxylic acid groups (broad SMARTS) is 1. The molecule has 0 heterocycles. The largest absolute Gasteiger partial charge is 1.00 e. The first-order valence-electron chi connectivity index (χ1n) is 12.5. The molecule has 1 atom stereocenters. The molecule has 0 aromatic rings. The van der Waals surface area contributed by atoms with Crippen LogP contribution in [0.25, 0.3) is 0 Å². The molecule has 0 aromatic heterocycles. The zero-order valence-corrected chi connectivity index (χ0v) is 23.7. The number of hydrogen-bond acceptors (Lipinski definition) is 7. The van der Waals surface area contributed by atoms with Gasteiger partial charge in [-0.1, -0.05) is 58.3 Å². The van der Waals surface area contributed by atoms with Crippen LogP contribution in [0, 0.1) is 0 Å². The molecule has 2 N–H and O–H groups in total. The summed E-state index contributed by atoms with van der Waals surface area (Å²) in [6, 6.07) is -1.02. The molecule has 10 heteroatoms. The molecule has 0 fully saturated rings. The second-order valence-corrected chi connectivity index (χ2v) is 8.12. The van der Waals surface area contributed by atoms with Crippen LogP contribution in [0.15, 0.2) is 0 Å². The first kappa shape index (κ1) is 35.5. The third-order valence-electron chi connectivity index (χ3n) is 5.02. The molecule has 9 nitrogen and oxygen atoms in total. The third-order valence-corrected chi connectivity index (χ3v) is 5.02. The maximum atomic E-state index is 11.8. The summed E-state index contributed by atoms with van der Waals surface area (Å²) in [6.07, 6.45) is 11.8. The van der Waals surface area contributed by atoms with E-state index in [1.165, 1.54) is 51.9 Å². The summed E-state index contributed by atoms with van der Waals surface area (Å²) in [7, 11) is 0. The summed E-state index contributed by atoms with van der Waals surface area (Å²) in [6.45, 7) is 6.25. The van der Waals surface area contributed by atoms with E-state index in [0.717, 1.165) is 12.8 Å². The minimum absolute atomic E-state index is 0. The summed E-state index contributed by atoms with van der Waals surface area (Å²) in [5, 5.41) is 15.7. The molecule has 0 radical (unpaired) electrons. The first-order chi connectivity index (χ1) is 16.0. The Morgan fingerprint density at radius 2 is 1.21 bits per heavy atom. The minimum atomic E-state index is -1.32. The van der Waals surface area contributed by atoms with Gasteiger partial charge < -0.3 is 34.7 Å². The Bertz CT molecular complexity index is 510. The molecule has 34 heavy (non-hydrogen) atoms. The summed E-state index contributed by atoms with van der Waals surface area (Å²) in [4.78, 5) is 33.7. The molecule has 0 aromatic carbocycles. The van der Waals surface area contributed by atoms with E-state index in [9.17, 15) is 19.5 Å². The van der Waals surface area contributed by atoms with Crippen molar-refractivity contribution in [3.63, 3.8) is 0 Å². The normalized spacial score (nSPS) is 11.5. The van der Waals surface area contributed by atoms with Gasteiger partial charge in [-0.25, -0.2) is 0 Å². The van der Waals surface area contributed by atoms with Gasteiger partial charge in [0, 0.05) is 19.4 Å². The van der Waals surface area contributed by atoms with Crippen molar-refractivity contribution in [3.05, 3.63) is 0 Å². The van der Waals surface area contributed by atoms with Crippen LogP contribution in [0.4, 0.5) is 0 Å². The molecule has 0 aliphatic rings. The Balaban J connectivity index is 0. The number of rotatable bonds is 24. The fourth-order valence-corrected chi connectivity index (χ4v) is 3.03. The van der Waals surface area contributed by atoms with Crippen LogP contribution >= 0.6 is 0 Å². The Hall–Kier alpha value is -0.710. The predicted octanol–water partition coefficient (Wildman–Crippen LogP) is -1.28. The van der Waals surface area contributed by atoms with E-state index >= 15 is 0 Å². The zero-order valence-electron chi connectivity index (χ0n) is 21.7. The maximum absolute atomic E-state index is 11.8. The van der Waals surface area contributed by atoms with Crippen LogP contribution in [0.5, 0.6) is 0 Å². The van der Waals surface area contributed by atoms with Crippen molar-refractivity contribution in [3.8, 4) is 0 Å². The quantitative estimate of drug-likeness (QED) is 0.126.